The van der Waals surface area contributed by atoms with Crippen molar-refractivity contribution < 1.29 is 22.4 Å². The van der Waals surface area contributed by atoms with E-state index in [2.05, 4.69) is 18.7 Å². The number of nitrogens with zero attached hydrogens (tertiary/aromatic N) is 2. The molecular weight excluding hydrogens is 338 g/mol. The van der Waals surface area contributed by atoms with Gasteiger partial charge < -0.3 is 5.73 Å². The van der Waals surface area contributed by atoms with Crippen LogP contribution in [0.4, 0.5) is 17.6 Å². The topological polar surface area (TPSA) is 49.6 Å². The third kappa shape index (κ3) is 4.92. The third-order valence-corrected chi connectivity index (χ3v) is 4.62. The average Bonchev–Trinajstić information content (AvgIpc) is 2.51. The highest BCUT2D eigenvalue weighted by molar-refractivity contribution is 5.82. The van der Waals surface area contributed by atoms with Crippen molar-refractivity contribution in [2.75, 3.05) is 32.7 Å². The van der Waals surface area contributed by atoms with Crippen LogP contribution in [-0.4, -0.2) is 54.5 Å². The second kappa shape index (κ2) is 7.70. The van der Waals surface area contributed by atoms with Gasteiger partial charge in [-0.1, -0.05) is 6.07 Å². The lowest BCUT2D eigenvalue weighted by atomic mass is 9.96. The standard InChI is InChI=1S/C17H23F4N3O/c1-11(2)24-7-5-23(6-8-24)10-13(16(22)25)12-3-4-14(15(18)9-12)17(19,20)21/h3-4,9,11,13H,5-8,10H2,1-2H3,(H2,22,25). The molecule has 1 aliphatic rings. The van der Waals surface area contributed by atoms with E-state index in [0.29, 0.717) is 12.1 Å². The van der Waals surface area contributed by atoms with Gasteiger partial charge in [0.2, 0.25) is 5.91 Å². The Morgan fingerprint density at radius 2 is 1.80 bits per heavy atom. The number of piperazine rings is 1. The molecule has 0 bridgehead atoms. The SMILES string of the molecule is CC(C)N1CCN(CC(C(N)=O)c2ccc(C(F)(F)F)c(F)c2)CC1. The molecule has 1 aliphatic heterocycles. The van der Waals surface area contributed by atoms with Crippen molar-refractivity contribution in [3.63, 3.8) is 0 Å². The van der Waals surface area contributed by atoms with E-state index in [9.17, 15) is 22.4 Å². The molecule has 1 heterocycles. The molecule has 140 valence electrons. The van der Waals surface area contributed by atoms with Crippen LogP contribution in [0, 0.1) is 5.82 Å². The zero-order chi connectivity index (χ0) is 18.8. The van der Waals surface area contributed by atoms with Crippen LogP contribution in [0.15, 0.2) is 18.2 Å². The molecule has 0 saturated carbocycles. The monoisotopic (exact) mass is 361 g/mol. The first-order chi connectivity index (χ1) is 11.6. The lowest BCUT2D eigenvalue weighted by molar-refractivity contribution is -0.140. The first kappa shape index (κ1) is 19.7. The van der Waals surface area contributed by atoms with Crippen molar-refractivity contribution in [3.8, 4) is 0 Å². The van der Waals surface area contributed by atoms with Gasteiger partial charge in [0, 0.05) is 38.8 Å². The van der Waals surface area contributed by atoms with Gasteiger partial charge in [-0.2, -0.15) is 13.2 Å². The van der Waals surface area contributed by atoms with Gasteiger partial charge in [-0.05, 0) is 31.5 Å². The molecule has 0 radical (unpaired) electrons. The number of benzene rings is 1. The fraction of sp³-hybridized carbons (Fsp3) is 0.588. The molecule has 1 fully saturated rings. The molecule has 1 saturated heterocycles. The Balaban J connectivity index is 2.12. The Labute approximate surface area is 144 Å². The number of carbonyl (C=O) groups is 1. The summed E-state index contributed by atoms with van der Waals surface area (Å²) in [6.07, 6.45) is -4.77. The molecule has 0 aliphatic carbocycles. The molecule has 0 aromatic heterocycles. The van der Waals surface area contributed by atoms with Crippen LogP contribution in [-0.2, 0) is 11.0 Å². The number of nitrogens with two attached hydrogens (primary N) is 1. The molecule has 2 rings (SSSR count). The predicted octanol–water partition coefficient (Wildman–Crippen LogP) is 2.44. The predicted molar refractivity (Wildman–Crippen MR) is 86.5 cm³/mol. The van der Waals surface area contributed by atoms with Crippen LogP contribution in [0.3, 0.4) is 0 Å². The van der Waals surface area contributed by atoms with Crippen molar-refractivity contribution in [2.24, 2.45) is 5.73 Å². The minimum atomic E-state index is -4.77. The summed E-state index contributed by atoms with van der Waals surface area (Å²) in [6, 6.07) is 2.99. The summed E-state index contributed by atoms with van der Waals surface area (Å²) >= 11 is 0. The van der Waals surface area contributed by atoms with Crippen LogP contribution in [0.2, 0.25) is 0 Å². The van der Waals surface area contributed by atoms with Gasteiger partial charge in [-0.3, -0.25) is 14.6 Å². The highest BCUT2D eigenvalue weighted by atomic mass is 19.4. The van der Waals surface area contributed by atoms with E-state index in [1.54, 1.807) is 0 Å². The second-order valence-electron chi connectivity index (χ2n) is 6.62. The third-order valence-electron chi connectivity index (χ3n) is 4.62. The van der Waals surface area contributed by atoms with E-state index in [4.69, 9.17) is 5.73 Å². The zero-order valence-corrected chi connectivity index (χ0v) is 14.3. The van der Waals surface area contributed by atoms with E-state index >= 15 is 0 Å². The summed E-state index contributed by atoms with van der Waals surface area (Å²) in [6.45, 7) is 7.61. The minimum Gasteiger partial charge on any atom is -0.369 e. The molecular formula is C17H23F4N3O. The molecule has 8 heteroatoms. The number of alkyl halides is 3. The number of hydrogen-bond acceptors (Lipinski definition) is 3. The summed E-state index contributed by atoms with van der Waals surface area (Å²) in [5, 5.41) is 0. The molecule has 25 heavy (non-hydrogen) atoms. The Bertz CT molecular complexity index is 610. The van der Waals surface area contributed by atoms with Gasteiger partial charge in [0.1, 0.15) is 5.82 Å². The highest BCUT2D eigenvalue weighted by Crippen LogP contribution is 2.33. The van der Waals surface area contributed by atoms with Gasteiger partial charge in [-0.25, -0.2) is 4.39 Å². The van der Waals surface area contributed by atoms with E-state index in [1.165, 1.54) is 0 Å². The van der Waals surface area contributed by atoms with Crippen molar-refractivity contribution in [3.05, 3.63) is 35.1 Å². The Hall–Kier alpha value is -1.67. The van der Waals surface area contributed by atoms with Crippen molar-refractivity contribution >= 4 is 5.91 Å². The summed E-state index contributed by atoms with van der Waals surface area (Å²) in [5.41, 5.74) is 4.24. The maximum Gasteiger partial charge on any atom is 0.419 e. The molecule has 1 aromatic rings. The minimum absolute atomic E-state index is 0.171. The maximum absolute atomic E-state index is 13.8. The van der Waals surface area contributed by atoms with Crippen molar-refractivity contribution in [1.29, 1.82) is 0 Å². The largest absolute Gasteiger partial charge is 0.419 e. The van der Waals surface area contributed by atoms with Crippen LogP contribution in [0.25, 0.3) is 0 Å². The Morgan fingerprint density at radius 1 is 1.20 bits per heavy atom. The number of rotatable bonds is 5. The molecule has 4 nitrogen and oxygen atoms in total. The molecule has 2 N–H and O–H groups in total. The van der Waals surface area contributed by atoms with Crippen molar-refractivity contribution in [1.82, 2.24) is 9.80 Å². The molecule has 0 spiro atoms. The average molecular weight is 361 g/mol. The smallest absolute Gasteiger partial charge is 0.369 e. The molecule has 1 atom stereocenters. The number of amides is 1. The normalized spacial score (nSPS) is 18.5. The summed E-state index contributed by atoms with van der Waals surface area (Å²) in [4.78, 5) is 16.1. The first-order valence-electron chi connectivity index (χ1n) is 8.22. The number of carbonyl (C=O) groups excluding carboxylic acids is 1. The maximum atomic E-state index is 13.8. The lowest BCUT2D eigenvalue weighted by Crippen LogP contribution is -2.50. The second-order valence-corrected chi connectivity index (χ2v) is 6.62. The van der Waals surface area contributed by atoms with E-state index in [1.807, 2.05) is 4.90 Å². The van der Waals surface area contributed by atoms with Gasteiger partial charge in [0.25, 0.3) is 0 Å². The van der Waals surface area contributed by atoms with Crippen LogP contribution in [0.1, 0.15) is 30.9 Å². The summed E-state index contributed by atoms with van der Waals surface area (Å²) in [7, 11) is 0. The molecule has 1 unspecified atom stereocenters. The van der Waals surface area contributed by atoms with E-state index in [0.717, 1.165) is 38.3 Å². The number of hydrogen-bond donors (Lipinski definition) is 1. The van der Waals surface area contributed by atoms with Gasteiger partial charge in [0.15, 0.2) is 0 Å². The van der Waals surface area contributed by atoms with Crippen molar-refractivity contribution in [2.45, 2.75) is 32.0 Å². The van der Waals surface area contributed by atoms with Gasteiger partial charge in [0.05, 0.1) is 11.5 Å². The fourth-order valence-electron chi connectivity index (χ4n) is 3.06. The quantitative estimate of drug-likeness (QED) is 0.820. The Morgan fingerprint density at radius 3 is 2.24 bits per heavy atom. The van der Waals surface area contributed by atoms with Gasteiger partial charge >= 0.3 is 6.18 Å². The van der Waals surface area contributed by atoms with E-state index < -0.39 is 29.4 Å². The Kier molecular flexibility index (Phi) is 6.05. The lowest BCUT2D eigenvalue weighted by Gasteiger charge is -2.38. The van der Waals surface area contributed by atoms with Gasteiger partial charge in [-0.15, -0.1) is 0 Å². The first-order valence-corrected chi connectivity index (χ1v) is 8.22. The summed E-state index contributed by atoms with van der Waals surface area (Å²) in [5.74, 6) is -2.91. The zero-order valence-electron chi connectivity index (χ0n) is 14.3. The summed E-state index contributed by atoms with van der Waals surface area (Å²) < 4.78 is 51.8. The van der Waals surface area contributed by atoms with Crippen LogP contribution >= 0.6 is 0 Å². The van der Waals surface area contributed by atoms with Crippen LogP contribution < -0.4 is 5.73 Å². The molecule has 1 aromatic carbocycles. The van der Waals surface area contributed by atoms with E-state index in [-0.39, 0.29) is 12.1 Å². The molecule has 1 amide bonds. The number of primary amides is 1. The van der Waals surface area contributed by atoms with Crippen LogP contribution in [0.5, 0.6) is 0 Å². The highest BCUT2D eigenvalue weighted by Gasteiger charge is 2.35. The number of halogens is 4. The fourth-order valence-corrected chi connectivity index (χ4v) is 3.06.